The normalized spacial score (nSPS) is 20.9. The lowest BCUT2D eigenvalue weighted by Gasteiger charge is -2.34. The molecule has 0 bridgehead atoms. The minimum atomic E-state index is -0.0140. The molecule has 1 unspecified atom stereocenters. The summed E-state index contributed by atoms with van der Waals surface area (Å²) in [5.74, 6) is 1.07. The van der Waals surface area contributed by atoms with E-state index in [1.54, 1.807) is 16.7 Å². The number of likely N-dealkylation sites (tertiary alicyclic amines) is 1. The fraction of sp³-hybridized carbons (Fsp3) is 0.909. The first-order valence-electron chi connectivity index (χ1n) is 5.94. The van der Waals surface area contributed by atoms with Crippen LogP contribution in [0, 0.1) is 0 Å². The second kappa shape index (κ2) is 7.79. The average Bonchev–Trinajstić information content (AvgIpc) is 2.34. The Morgan fingerprint density at radius 1 is 1.56 bits per heavy atom. The van der Waals surface area contributed by atoms with Gasteiger partial charge in [0.1, 0.15) is 0 Å². The van der Waals surface area contributed by atoms with Crippen molar-refractivity contribution in [2.75, 3.05) is 31.7 Å². The van der Waals surface area contributed by atoms with Crippen LogP contribution in [0.3, 0.4) is 0 Å². The van der Waals surface area contributed by atoms with Crippen molar-refractivity contribution in [2.24, 2.45) is 0 Å². The fourth-order valence-corrected chi connectivity index (χ4v) is 2.40. The van der Waals surface area contributed by atoms with Crippen LogP contribution in [0.2, 0.25) is 0 Å². The van der Waals surface area contributed by atoms with Crippen LogP contribution in [-0.2, 0) is 0 Å². The van der Waals surface area contributed by atoms with Crippen molar-refractivity contribution < 1.29 is 9.90 Å². The summed E-state index contributed by atoms with van der Waals surface area (Å²) in [6, 6.07) is 0.00848. The van der Waals surface area contributed by atoms with E-state index >= 15 is 0 Å². The van der Waals surface area contributed by atoms with Gasteiger partial charge in [-0.05, 0) is 37.7 Å². The topological polar surface area (TPSA) is 52.6 Å². The van der Waals surface area contributed by atoms with E-state index in [0.29, 0.717) is 0 Å². The van der Waals surface area contributed by atoms with Crippen LogP contribution in [-0.4, -0.2) is 53.8 Å². The van der Waals surface area contributed by atoms with E-state index in [2.05, 4.69) is 11.6 Å². The molecular weight excluding hydrogens is 224 g/mol. The maximum Gasteiger partial charge on any atom is 0.317 e. The minimum Gasteiger partial charge on any atom is -0.394 e. The van der Waals surface area contributed by atoms with E-state index in [-0.39, 0.29) is 18.7 Å². The Morgan fingerprint density at radius 2 is 2.38 bits per heavy atom. The van der Waals surface area contributed by atoms with Gasteiger partial charge in [0.05, 0.1) is 12.6 Å². The molecule has 0 aliphatic carbocycles. The SMILES string of the molecule is CSCCCNC(=O)N1CCCCC1CO. The van der Waals surface area contributed by atoms with Gasteiger partial charge in [0.2, 0.25) is 0 Å². The summed E-state index contributed by atoms with van der Waals surface area (Å²) in [4.78, 5) is 13.6. The quantitative estimate of drug-likeness (QED) is 0.719. The molecule has 0 aromatic rings. The van der Waals surface area contributed by atoms with Gasteiger partial charge in [0.15, 0.2) is 0 Å². The van der Waals surface area contributed by atoms with E-state index in [4.69, 9.17) is 0 Å². The first-order chi connectivity index (χ1) is 7.79. The van der Waals surface area contributed by atoms with Crippen molar-refractivity contribution in [3.05, 3.63) is 0 Å². The number of amides is 2. The molecule has 1 aliphatic heterocycles. The van der Waals surface area contributed by atoms with E-state index in [0.717, 1.165) is 44.5 Å². The number of urea groups is 1. The lowest BCUT2D eigenvalue weighted by atomic mass is 10.0. The van der Waals surface area contributed by atoms with Gasteiger partial charge in [0, 0.05) is 13.1 Å². The Balaban J connectivity index is 2.27. The molecule has 0 radical (unpaired) electrons. The fourth-order valence-electron chi connectivity index (χ4n) is 1.97. The molecule has 16 heavy (non-hydrogen) atoms. The lowest BCUT2D eigenvalue weighted by molar-refractivity contribution is 0.108. The third-order valence-electron chi connectivity index (χ3n) is 2.90. The van der Waals surface area contributed by atoms with Gasteiger partial charge in [-0.15, -0.1) is 0 Å². The minimum absolute atomic E-state index is 0.0140. The largest absolute Gasteiger partial charge is 0.394 e. The Kier molecular flexibility index (Phi) is 6.64. The molecule has 2 N–H and O–H groups in total. The van der Waals surface area contributed by atoms with Gasteiger partial charge in [0.25, 0.3) is 0 Å². The summed E-state index contributed by atoms with van der Waals surface area (Å²) < 4.78 is 0. The zero-order valence-corrected chi connectivity index (χ0v) is 10.8. The number of hydrogen-bond acceptors (Lipinski definition) is 3. The molecule has 2 amide bonds. The molecule has 5 heteroatoms. The smallest absolute Gasteiger partial charge is 0.317 e. The molecule has 1 saturated heterocycles. The highest BCUT2D eigenvalue weighted by molar-refractivity contribution is 7.98. The Bertz CT molecular complexity index is 214. The zero-order valence-electron chi connectivity index (χ0n) is 9.95. The summed E-state index contributed by atoms with van der Waals surface area (Å²) >= 11 is 1.79. The lowest BCUT2D eigenvalue weighted by Crippen LogP contribution is -2.50. The zero-order chi connectivity index (χ0) is 11.8. The molecule has 1 atom stereocenters. The number of carbonyl (C=O) groups is 1. The molecule has 0 aromatic carbocycles. The Morgan fingerprint density at radius 3 is 3.06 bits per heavy atom. The summed E-state index contributed by atoms with van der Waals surface area (Å²) in [6.07, 6.45) is 6.16. The molecule has 0 spiro atoms. The summed E-state index contributed by atoms with van der Waals surface area (Å²) in [7, 11) is 0. The summed E-state index contributed by atoms with van der Waals surface area (Å²) in [5, 5.41) is 12.1. The third-order valence-corrected chi connectivity index (χ3v) is 3.60. The standard InChI is InChI=1S/C11H22N2O2S/c1-16-8-4-6-12-11(15)13-7-3-2-5-10(13)9-14/h10,14H,2-9H2,1H3,(H,12,15). The van der Waals surface area contributed by atoms with Crippen LogP contribution in [0.4, 0.5) is 4.79 Å². The maximum atomic E-state index is 11.8. The number of piperidine rings is 1. The predicted octanol–water partition coefficient (Wildman–Crippen LogP) is 1.30. The molecule has 0 saturated carbocycles. The summed E-state index contributed by atoms with van der Waals surface area (Å²) in [5.41, 5.74) is 0. The third kappa shape index (κ3) is 4.22. The van der Waals surface area contributed by atoms with Gasteiger partial charge >= 0.3 is 6.03 Å². The second-order valence-electron chi connectivity index (χ2n) is 4.10. The highest BCUT2D eigenvalue weighted by atomic mass is 32.2. The van der Waals surface area contributed by atoms with Gasteiger partial charge < -0.3 is 15.3 Å². The van der Waals surface area contributed by atoms with Crippen molar-refractivity contribution in [1.29, 1.82) is 0 Å². The van der Waals surface area contributed by atoms with Gasteiger partial charge in [-0.2, -0.15) is 11.8 Å². The van der Waals surface area contributed by atoms with Crippen molar-refractivity contribution in [2.45, 2.75) is 31.7 Å². The Labute approximate surface area is 102 Å². The highest BCUT2D eigenvalue weighted by Gasteiger charge is 2.25. The number of thioether (sulfide) groups is 1. The number of hydrogen-bond donors (Lipinski definition) is 2. The molecule has 1 heterocycles. The van der Waals surface area contributed by atoms with E-state index in [1.807, 2.05) is 0 Å². The second-order valence-corrected chi connectivity index (χ2v) is 5.09. The van der Waals surface area contributed by atoms with Gasteiger partial charge in [-0.1, -0.05) is 0 Å². The van der Waals surface area contributed by atoms with Crippen LogP contribution in [0.1, 0.15) is 25.7 Å². The highest BCUT2D eigenvalue weighted by Crippen LogP contribution is 2.16. The molecular formula is C11H22N2O2S. The number of aliphatic hydroxyl groups excluding tert-OH is 1. The van der Waals surface area contributed by atoms with E-state index in [1.165, 1.54) is 0 Å². The molecule has 1 fully saturated rings. The van der Waals surface area contributed by atoms with Crippen molar-refractivity contribution in [1.82, 2.24) is 10.2 Å². The van der Waals surface area contributed by atoms with Crippen molar-refractivity contribution in [3.8, 4) is 0 Å². The number of nitrogens with zero attached hydrogens (tertiary/aromatic N) is 1. The predicted molar refractivity (Wildman–Crippen MR) is 67.8 cm³/mol. The van der Waals surface area contributed by atoms with Gasteiger partial charge in [-0.3, -0.25) is 0 Å². The molecule has 1 aliphatic rings. The van der Waals surface area contributed by atoms with Crippen LogP contribution >= 0.6 is 11.8 Å². The van der Waals surface area contributed by atoms with Crippen molar-refractivity contribution >= 4 is 17.8 Å². The van der Waals surface area contributed by atoms with Crippen LogP contribution in [0.5, 0.6) is 0 Å². The Hall–Kier alpha value is -0.420. The maximum absolute atomic E-state index is 11.8. The monoisotopic (exact) mass is 246 g/mol. The van der Waals surface area contributed by atoms with Crippen LogP contribution in [0.25, 0.3) is 0 Å². The molecule has 0 aromatic heterocycles. The first kappa shape index (κ1) is 13.6. The van der Waals surface area contributed by atoms with Crippen LogP contribution < -0.4 is 5.32 Å². The number of carbonyl (C=O) groups excluding carboxylic acids is 1. The molecule has 1 rings (SSSR count). The van der Waals surface area contributed by atoms with Crippen LogP contribution in [0.15, 0.2) is 0 Å². The molecule has 4 nitrogen and oxygen atoms in total. The van der Waals surface area contributed by atoms with E-state index < -0.39 is 0 Å². The number of aliphatic hydroxyl groups is 1. The summed E-state index contributed by atoms with van der Waals surface area (Å²) in [6.45, 7) is 1.59. The van der Waals surface area contributed by atoms with Crippen molar-refractivity contribution in [3.63, 3.8) is 0 Å². The molecule has 94 valence electrons. The van der Waals surface area contributed by atoms with Gasteiger partial charge in [-0.25, -0.2) is 4.79 Å². The first-order valence-corrected chi connectivity index (χ1v) is 7.33. The number of rotatable bonds is 5. The van der Waals surface area contributed by atoms with E-state index in [9.17, 15) is 9.90 Å². The average molecular weight is 246 g/mol. The number of nitrogens with one attached hydrogen (secondary N) is 1.